The Morgan fingerprint density at radius 2 is 1.71 bits per heavy atom. The van der Waals surface area contributed by atoms with Crippen LogP contribution < -0.4 is 5.32 Å². The summed E-state index contributed by atoms with van der Waals surface area (Å²) < 4.78 is 1.95. The minimum absolute atomic E-state index is 0. The van der Waals surface area contributed by atoms with Crippen LogP contribution in [0.4, 0.5) is 0 Å². The van der Waals surface area contributed by atoms with Gasteiger partial charge in [0.05, 0.1) is 5.69 Å². The van der Waals surface area contributed by atoms with Crippen molar-refractivity contribution in [3.63, 3.8) is 0 Å². The molecular weight excluding hydrogens is 485 g/mol. The lowest BCUT2D eigenvalue weighted by Gasteiger charge is -2.52. The summed E-state index contributed by atoms with van der Waals surface area (Å²) >= 11 is 0. The van der Waals surface area contributed by atoms with Crippen molar-refractivity contribution in [3.05, 3.63) is 17.0 Å². The monoisotopic (exact) mass is 529 g/mol. The molecule has 3 aliphatic rings. The number of aryl methyl sites for hydroxylation is 2. The van der Waals surface area contributed by atoms with Gasteiger partial charge in [0.1, 0.15) is 11.6 Å². The van der Waals surface area contributed by atoms with Crippen LogP contribution in [-0.4, -0.2) is 62.6 Å². The molecule has 1 saturated carbocycles. The summed E-state index contributed by atoms with van der Waals surface area (Å²) in [6.45, 7) is 9.55. The van der Waals surface area contributed by atoms with Crippen LogP contribution in [0.15, 0.2) is 0 Å². The number of nitrogens with one attached hydrogen (secondary N) is 1. The molecule has 0 unspecified atom stereocenters. The van der Waals surface area contributed by atoms with Crippen LogP contribution in [0, 0.1) is 19.8 Å². The number of hydrogen-bond acceptors (Lipinski definition) is 4. The van der Waals surface area contributed by atoms with Crippen molar-refractivity contribution in [1.82, 2.24) is 24.9 Å². The fourth-order valence-corrected chi connectivity index (χ4v) is 6.28. The molecule has 200 valence electrons. The highest BCUT2D eigenvalue weighted by Crippen LogP contribution is 2.36. The first-order valence-electron chi connectivity index (χ1n) is 13.2. The molecular formula is C26H45Cl2N5O2. The summed E-state index contributed by atoms with van der Waals surface area (Å²) in [6, 6.07) is -0.332. The highest BCUT2D eigenvalue weighted by atomic mass is 35.5. The lowest BCUT2D eigenvalue weighted by molar-refractivity contribution is -0.162. The van der Waals surface area contributed by atoms with Gasteiger partial charge >= 0.3 is 0 Å². The van der Waals surface area contributed by atoms with E-state index in [4.69, 9.17) is 0 Å². The summed E-state index contributed by atoms with van der Waals surface area (Å²) in [6.07, 6.45) is 10.4. The average molecular weight is 531 g/mol. The van der Waals surface area contributed by atoms with Crippen LogP contribution in [0.1, 0.15) is 88.1 Å². The summed E-state index contributed by atoms with van der Waals surface area (Å²) in [5.41, 5.74) is 2.89. The van der Waals surface area contributed by atoms with E-state index in [2.05, 4.69) is 36.1 Å². The molecule has 1 atom stereocenters. The Kier molecular flexibility index (Phi) is 10.9. The van der Waals surface area contributed by atoms with E-state index < -0.39 is 5.54 Å². The molecule has 1 spiro atoms. The van der Waals surface area contributed by atoms with Crippen molar-refractivity contribution in [3.8, 4) is 0 Å². The summed E-state index contributed by atoms with van der Waals surface area (Å²) in [5, 5.41) is 7.76. The zero-order valence-corrected chi connectivity index (χ0v) is 23.6. The Labute approximate surface area is 223 Å². The van der Waals surface area contributed by atoms with Crippen molar-refractivity contribution < 1.29 is 9.59 Å². The number of amides is 2. The van der Waals surface area contributed by atoms with Gasteiger partial charge in [0.2, 0.25) is 11.8 Å². The number of carbonyl (C=O) groups is 2. The smallest absolute Gasteiger partial charge is 0.246 e. The van der Waals surface area contributed by atoms with Gasteiger partial charge in [0.15, 0.2) is 0 Å². The van der Waals surface area contributed by atoms with E-state index in [9.17, 15) is 9.59 Å². The maximum atomic E-state index is 13.7. The summed E-state index contributed by atoms with van der Waals surface area (Å²) in [5.74, 6) is 0.830. The molecule has 0 aromatic carbocycles. The zero-order valence-electron chi connectivity index (χ0n) is 22.0. The van der Waals surface area contributed by atoms with Gasteiger partial charge in [-0.05, 0) is 45.4 Å². The molecule has 1 aromatic rings. The molecule has 1 aliphatic carbocycles. The minimum Gasteiger partial charge on any atom is -0.342 e. The fourth-order valence-electron chi connectivity index (χ4n) is 6.28. The van der Waals surface area contributed by atoms with E-state index in [0.29, 0.717) is 25.3 Å². The maximum absolute atomic E-state index is 13.7. The van der Waals surface area contributed by atoms with Crippen LogP contribution in [-0.2, 0) is 23.2 Å². The maximum Gasteiger partial charge on any atom is 0.246 e. The second-order valence-electron chi connectivity index (χ2n) is 10.7. The second kappa shape index (κ2) is 12.8. The van der Waals surface area contributed by atoms with Gasteiger partial charge < -0.3 is 10.2 Å². The lowest BCUT2D eigenvalue weighted by atomic mass is 9.79. The molecule has 4 rings (SSSR count). The quantitative estimate of drug-likeness (QED) is 0.571. The zero-order chi connectivity index (χ0) is 23.6. The first-order chi connectivity index (χ1) is 15.9. The minimum atomic E-state index is -0.676. The highest BCUT2D eigenvalue weighted by molar-refractivity contribution is 6.00. The third kappa shape index (κ3) is 6.16. The number of hydrogen-bond donors (Lipinski definition) is 1. The number of nitrogens with zero attached hydrogens (tertiary/aromatic N) is 4. The van der Waals surface area contributed by atoms with E-state index >= 15 is 0 Å². The Balaban J connectivity index is 0.00000216. The molecule has 3 fully saturated rings. The van der Waals surface area contributed by atoms with Gasteiger partial charge in [-0.3, -0.25) is 19.2 Å². The van der Waals surface area contributed by atoms with Gasteiger partial charge in [-0.1, -0.05) is 45.4 Å². The Morgan fingerprint density at radius 3 is 2.29 bits per heavy atom. The van der Waals surface area contributed by atoms with Crippen molar-refractivity contribution >= 4 is 36.6 Å². The predicted octanol–water partition coefficient (Wildman–Crippen LogP) is 4.31. The molecule has 2 aliphatic heterocycles. The first-order valence-corrected chi connectivity index (χ1v) is 13.2. The largest absolute Gasteiger partial charge is 0.342 e. The van der Waals surface area contributed by atoms with Crippen molar-refractivity contribution in [1.29, 1.82) is 0 Å². The number of piperidine rings is 1. The highest BCUT2D eigenvalue weighted by Gasteiger charge is 2.53. The number of unbranched alkanes of at least 4 members (excludes halogenated alkanes) is 1. The number of piperazine rings is 1. The van der Waals surface area contributed by atoms with Gasteiger partial charge in [-0.15, -0.1) is 24.8 Å². The summed E-state index contributed by atoms with van der Waals surface area (Å²) in [4.78, 5) is 31.7. The normalized spacial score (nSPS) is 23.1. The molecule has 1 N–H and O–H groups in total. The number of likely N-dealkylation sites (tertiary alicyclic amines) is 1. The fraction of sp³-hybridized carbons (Fsp3) is 0.808. The predicted molar refractivity (Wildman–Crippen MR) is 144 cm³/mol. The van der Waals surface area contributed by atoms with Crippen molar-refractivity contribution in [2.45, 2.75) is 103 Å². The van der Waals surface area contributed by atoms with Crippen LogP contribution in [0.5, 0.6) is 0 Å². The molecule has 3 heterocycles. The van der Waals surface area contributed by atoms with Crippen LogP contribution in [0.2, 0.25) is 0 Å². The first kappa shape index (κ1) is 29.9. The second-order valence-corrected chi connectivity index (χ2v) is 10.7. The third-order valence-electron chi connectivity index (χ3n) is 8.56. The summed E-state index contributed by atoms with van der Waals surface area (Å²) in [7, 11) is 1.99. The van der Waals surface area contributed by atoms with Gasteiger partial charge in [-0.25, -0.2) is 0 Å². The molecule has 0 radical (unpaired) electrons. The molecule has 0 bridgehead atoms. The molecule has 2 amide bonds. The van der Waals surface area contributed by atoms with Crippen molar-refractivity contribution in [2.75, 3.05) is 19.6 Å². The molecule has 2 saturated heterocycles. The van der Waals surface area contributed by atoms with E-state index in [1.165, 1.54) is 43.4 Å². The SMILES string of the molecule is CCCCN1C(=O)[C@H](CC2CCCCC2)NC(=O)C12CCN(Cc1c(C)nn(C)c1C)CC2.Cl.Cl. The van der Waals surface area contributed by atoms with E-state index in [1.54, 1.807) is 0 Å². The Bertz CT molecular complexity index is 860. The average Bonchev–Trinajstić information content (AvgIpc) is 3.05. The van der Waals surface area contributed by atoms with E-state index in [-0.39, 0.29) is 42.7 Å². The Morgan fingerprint density at radius 1 is 1.06 bits per heavy atom. The van der Waals surface area contributed by atoms with E-state index in [1.807, 2.05) is 16.6 Å². The van der Waals surface area contributed by atoms with Crippen LogP contribution >= 0.6 is 24.8 Å². The third-order valence-corrected chi connectivity index (χ3v) is 8.56. The Hall–Kier alpha value is -1.31. The van der Waals surface area contributed by atoms with Crippen LogP contribution in [0.25, 0.3) is 0 Å². The van der Waals surface area contributed by atoms with Gasteiger partial charge in [0, 0.05) is 44.5 Å². The lowest BCUT2D eigenvalue weighted by Crippen LogP contribution is -2.73. The molecule has 35 heavy (non-hydrogen) atoms. The number of halogens is 2. The van der Waals surface area contributed by atoms with E-state index in [0.717, 1.165) is 44.6 Å². The van der Waals surface area contributed by atoms with Gasteiger partial charge in [0.25, 0.3) is 0 Å². The number of carbonyl (C=O) groups excluding carboxylic acids is 2. The van der Waals surface area contributed by atoms with Crippen LogP contribution in [0.3, 0.4) is 0 Å². The van der Waals surface area contributed by atoms with Crippen molar-refractivity contribution in [2.24, 2.45) is 13.0 Å². The molecule has 7 nitrogen and oxygen atoms in total. The molecule has 9 heteroatoms. The number of rotatable bonds is 7. The van der Waals surface area contributed by atoms with Gasteiger partial charge in [-0.2, -0.15) is 5.10 Å². The molecule has 1 aromatic heterocycles. The topological polar surface area (TPSA) is 70.5 Å². The number of aromatic nitrogens is 2. The standard InChI is InChI=1S/C26H43N5O2.2ClH/c1-5-6-14-31-24(32)23(17-21-10-8-7-9-11-21)27-25(33)26(31)12-15-30(16-13-26)18-22-19(2)28-29(4)20(22)3;;/h21,23H,5-18H2,1-4H3,(H,27,33);2*1H/t23-;;/m0../s1.